The smallest absolute Gasteiger partial charge is 0.261 e. The number of hydrogen-bond acceptors (Lipinski definition) is 6. The Morgan fingerprint density at radius 2 is 2.12 bits per heavy atom. The first-order chi connectivity index (χ1) is 16.1. The summed E-state index contributed by atoms with van der Waals surface area (Å²) >= 11 is 0. The fraction of sp³-hybridized carbons (Fsp3) is 0.167. The summed E-state index contributed by atoms with van der Waals surface area (Å²) in [7, 11) is 0. The van der Waals surface area contributed by atoms with Crippen molar-refractivity contribution in [3.63, 3.8) is 0 Å². The maximum absolute atomic E-state index is 12.8. The molecule has 4 N–H and O–H groups in total. The van der Waals surface area contributed by atoms with Gasteiger partial charge in [-0.1, -0.05) is 6.07 Å². The molecular formula is C24H23N7O2. The van der Waals surface area contributed by atoms with E-state index in [0.29, 0.717) is 23.5 Å². The molecule has 166 valence electrons. The van der Waals surface area contributed by atoms with Crippen molar-refractivity contribution in [2.45, 2.75) is 19.4 Å². The van der Waals surface area contributed by atoms with Crippen LogP contribution >= 0.6 is 0 Å². The third-order valence-corrected chi connectivity index (χ3v) is 5.55. The van der Waals surface area contributed by atoms with Gasteiger partial charge in [0.05, 0.1) is 35.7 Å². The number of benzene rings is 1. The lowest BCUT2D eigenvalue weighted by Crippen LogP contribution is -2.28. The number of aromatic nitrogens is 6. The van der Waals surface area contributed by atoms with Crippen LogP contribution in [0.5, 0.6) is 0 Å². The van der Waals surface area contributed by atoms with Crippen LogP contribution in [0.15, 0.2) is 72.4 Å². The second kappa shape index (κ2) is 8.71. The number of aliphatic hydroxyl groups is 1. The number of rotatable bonds is 7. The SMILES string of the molecule is Cc1cc(-n2ccnc2)cc2[nH]c(-c3c(N[C@H](CO)Cc4cccnc4)cc[nH]c3=O)nc12. The van der Waals surface area contributed by atoms with Crippen molar-refractivity contribution < 1.29 is 5.11 Å². The lowest BCUT2D eigenvalue weighted by Gasteiger charge is -2.19. The van der Waals surface area contributed by atoms with Gasteiger partial charge in [0.2, 0.25) is 0 Å². The summed E-state index contributed by atoms with van der Waals surface area (Å²) < 4.78 is 1.92. The minimum atomic E-state index is -0.297. The van der Waals surface area contributed by atoms with Crippen molar-refractivity contribution in [1.82, 2.24) is 29.5 Å². The number of aryl methyl sites for hydroxylation is 1. The summed E-state index contributed by atoms with van der Waals surface area (Å²) in [5, 5.41) is 13.3. The highest BCUT2D eigenvalue weighted by Crippen LogP contribution is 2.28. The van der Waals surface area contributed by atoms with Gasteiger partial charge in [0.15, 0.2) is 0 Å². The van der Waals surface area contributed by atoms with Gasteiger partial charge in [-0.2, -0.15) is 0 Å². The molecular weight excluding hydrogens is 418 g/mol. The second-order valence-corrected chi connectivity index (χ2v) is 7.90. The molecule has 0 saturated heterocycles. The molecule has 1 atom stereocenters. The molecule has 9 nitrogen and oxygen atoms in total. The minimum Gasteiger partial charge on any atom is -0.394 e. The lowest BCUT2D eigenvalue weighted by atomic mass is 10.1. The Hall–Kier alpha value is -4.24. The van der Waals surface area contributed by atoms with Gasteiger partial charge in [-0.05, 0) is 48.7 Å². The van der Waals surface area contributed by atoms with Crippen LogP contribution in [-0.4, -0.2) is 47.2 Å². The van der Waals surface area contributed by atoms with Crippen LogP contribution in [0.25, 0.3) is 28.1 Å². The number of fused-ring (bicyclic) bond motifs is 1. The maximum atomic E-state index is 12.8. The second-order valence-electron chi connectivity index (χ2n) is 7.90. The average Bonchev–Trinajstić information content (AvgIpc) is 3.50. The fourth-order valence-electron chi connectivity index (χ4n) is 3.97. The summed E-state index contributed by atoms with van der Waals surface area (Å²) in [6, 6.07) is 9.29. The molecule has 0 fully saturated rings. The lowest BCUT2D eigenvalue weighted by molar-refractivity contribution is 0.273. The Morgan fingerprint density at radius 3 is 2.88 bits per heavy atom. The van der Waals surface area contributed by atoms with Crippen LogP contribution < -0.4 is 10.9 Å². The number of aliphatic hydroxyl groups excluding tert-OH is 1. The first kappa shape index (κ1) is 20.7. The molecule has 0 bridgehead atoms. The van der Waals surface area contributed by atoms with Crippen molar-refractivity contribution in [1.29, 1.82) is 0 Å². The van der Waals surface area contributed by atoms with Crippen LogP contribution in [-0.2, 0) is 6.42 Å². The molecule has 9 heteroatoms. The predicted octanol–water partition coefficient (Wildman–Crippen LogP) is 2.82. The molecule has 4 heterocycles. The molecule has 0 amide bonds. The first-order valence-electron chi connectivity index (χ1n) is 10.6. The van der Waals surface area contributed by atoms with Crippen molar-refractivity contribution in [2.24, 2.45) is 0 Å². The van der Waals surface area contributed by atoms with Gasteiger partial charge in [-0.3, -0.25) is 9.78 Å². The van der Waals surface area contributed by atoms with E-state index in [2.05, 4.69) is 25.3 Å². The van der Waals surface area contributed by atoms with E-state index < -0.39 is 0 Å². The number of pyridine rings is 2. The molecule has 0 spiro atoms. The number of anilines is 1. The van der Waals surface area contributed by atoms with E-state index in [1.54, 1.807) is 37.2 Å². The molecule has 33 heavy (non-hydrogen) atoms. The van der Waals surface area contributed by atoms with Gasteiger partial charge in [0.1, 0.15) is 11.4 Å². The summed E-state index contributed by atoms with van der Waals surface area (Å²) in [5.74, 6) is 0.457. The van der Waals surface area contributed by atoms with E-state index in [-0.39, 0.29) is 18.2 Å². The molecule has 4 aromatic heterocycles. The highest BCUT2D eigenvalue weighted by Gasteiger charge is 2.18. The van der Waals surface area contributed by atoms with Crippen molar-refractivity contribution >= 4 is 16.7 Å². The number of imidazole rings is 2. The normalized spacial score (nSPS) is 12.2. The summed E-state index contributed by atoms with van der Waals surface area (Å²) in [6.07, 6.45) is 11.0. The van der Waals surface area contributed by atoms with E-state index in [0.717, 1.165) is 27.8 Å². The van der Waals surface area contributed by atoms with Gasteiger partial charge in [0.25, 0.3) is 5.56 Å². The zero-order valence-corrected chi connectivity index (χ0v) is 18.0. The molecule has 0 aliphatic heterocycles. The molecule has 0 aliphatic carbocycles. The van der Waals surface area contributed by atoms with Crippen LogP contribution in [0, 0.1) is 6.92 Å². The Labute approximate surface area is 189 Å². The number of hydrogen-bond donors (Lipinski definition) is 4. The van der Waals surface area contributed by atoms with Gasteiger partial charge in [-0.25, -0.2) is 9.97 Å². The minimum absolute atomic E-state index is 0.103. The monoisotopic (exact) mass is 441 g/mol. The van der Waals surface area contributed by atoms with E-state index in [1.165, 1.54) is 0 Å². The van der Waals surface area contributed by atoms with Crippen molar-refractivity contribution in [3.05, 3.63) is 89.1 Å². The Bertz CT molecular complexity index is 1440. The van der Waals surface area contributed by atoms with Gasteiger partial charge in [0, 0.05) is 36.7 Å². The largest absolute Gasteiger partial charge is 0.394 e. The third-order valence-electron chi connectivity index (χ3n) is 5.55. The van der Waals surface area contributed by atoms with Crippen LogP contribution in [0.4, 0.5) is 5.69 Å². The quantitative estimate of drug-likeness (QED) is 0.308. The standard InChI is InChI=1S/C24H23N7O2/c1-15-9-18(31-8-7-26-14-31)11-20-22(15)30-23(29-20)21-19(4-6-27-24(21)33)28-17(13-32)10-16-3-2-5-25-12-16/h2-9,11-12,14,17,32H,10,13H2,1H3,(H,29,30)(H2,27,28,33)/t17-/m0/s1. The molecule has 0 saturated carbocycles. The van der Waals surface area contributed by atoms with Crippen molar-refractivity contribution in [2.75, 3.05) is 11.9 Å². The summed E-state index contributed by atoms with van der Waals surface area (Å²) in [6.45, 7) is 1.88. The van der Waals surface area contributed by atoms with Crippen LogP contribution in [0.1, 0.15) is 11.1 Å². The van der Waals surface area contributed by atoms with Gasteiger partial charge >= 0.3 is 0 Å². The molecule has 1 aromatic carbocycles. The highest BCUT2D eigenvalue weighted by atomic mass is 16.3. The van der Waals surface area contributed by atoms with Crippen molar-refractivity contribution in [3.8, 4) is 17.1 Å². The van der Waals surface area contributed by atoms with E-state index >= 15 is 0 Å². The number of nitrogens with one attached hydrogen (secondary N) is 3. The topological polar surface area (TPSA) is 125 Å². The van der Waals surface area contributed by atoms with Gasteiger partial charge in [-0.15, -0.1) is 0 Å². The zero-order valence-electron chi connectivity index (χ0n) is 18.0. The molecule has 5 rings (SSSR count). The Balaban J connectivity index is 1.53. The third kappa shape index (κ3) is 4.13. The average molecular weight is 441 g/mol. The van der Waals surface area contributed by atoms with E-state index in [4.69, 9.17) is 4.98 Å². The Kier molecular flexibility index (Phi) is 5.45. The molecule has 5 aromatic rings. The summed E-state index contributed by atoms with van der Waals surface area (Å²) in [4.78, 5) is 31.8. The van der Waals surface area contributed by atoms with Crippen LogP contribution in [0.3, 0.4) is 0 Å². The highest BCUT2D eigenvalue weighted by molar-refractivity contribution is 5.86. The molecule has 0 aliphatic rings. The molecule has 0 radical (unpaired) electrons. The number of nitrogens with zero attached hydrogens (tertiary/aromatic N) is 4. The Morgan fingerprint density at radius 1 is 1.21 bits per heavy atom. The maximum Gasteiger partial charge on any atom is 0.261 e. The van der Waals surface area contributed by atoms with Crippen LogP contribution in [0.2, 0.25) is 0 Å². The predicted molar refractivity (Wildman–Crippen MR) is 126 cm³/mol. The number of aromatic amines is 2. The number of H-pyrrole nitrogens is 2. The van der Waals surface area contributed by atoms with E-state index in [1.807, 2.05) is 42.0 Å². The summed E-state index contributed by atoms with van der Waals surface area (Å²) in [5.41, 5.74) is 5.23. The zero-order chi connectivity index (χ0) is 22.8. The fourth-order valence-corrected chi connectivity index (χ4v) is 3.97. The first-order valence-corrected chi connectivity index (χ1v) is 10.6. The van der Waals surface area contributed by atoms with E-state index in [9.17, 15) is 9.90 Å². The van der Waals surface area contributed by atoms with Gasteiger partial charge < -0.3 is 25.0 Å². The molecule has 0 unspecified atom stereocenters.